The summed E-state index contributed by atoms with van der Waals surface area (Å²) in [6.45, 7) is 4.23. The first kappa shape index (κ1) is 21.3. The van der Waals surface area contributed by atoms with Crippen LogP contribution in [-0.4, -0.2) is 66.4 Å². The van der Waals surface area contributed by atoms with E-state index in [1.54, 1.807) is 6.07 Å². The summed E-state index contributed by atoms with van der Waals surface area (Å²) in [7, 11) is 0. The van der Waals surface area contributed by atoms with Crippen LogP contribution in [0, 0.1) is 11.7 Å². The highest BCUT2D eigenvalue weighted by Gasteiger charge is 2.25. The minimum atomic E-state index is -0.499. The molecule has 2 aliphatic rings. The van der Waals surface area contributed by atoms with Gasteiger partial charge in [0.05, 0.1) is 10.4 Å². The van der Waals surface area contributed by atoms with Crippen LogP contribution in [0.15, 0.2) is 16.7 Å². The third-order valence-corrected chi connectivity index (χ3v) is 6.66. The highest BCUT2D eigenvalue weighted by molar-refractivity contribution is 6.31. The molecule has 1 aromatic heterocycles. The molecule has 4 rings (SSSR count). The van der Waals surface area contributed by atoms with Gasteiger partial charge in [-0.2, -0.15) is 0 Å². The van der Waals surface area contributed by atoms with Gasteiger partial charge in [-0.15, -0.1) is 0 Å². The van der Waals surface area contributed by atoms with Gasteiger partial charge >= 0.3 is 0 Å². The maximum absolute atomic E-state index is 13.6. The zero-order chi connectivity index (χ0) is 21.1. The number of amides is 1. The lowest BCUT2D eigenvalue weighted by atomic mass is 9.84. The normalized spacial score (nSPS) is 23.1. The minimum absolute atomic E-state index is 0.0798. The molecular formula is C21H28ClFN4O3. The van der Waals surface area contributed by atoms with Crippen LogP contribution in [0.2, 0.25) is 5.02 Å². The zero-order valence-corrected chi connectivity index (χ0v) is 17.7. The maximum atomic E-state index is 13.6. The van der Waals surface area contributed by atoms with Gasteiger partial charge in [0.15, 0.2) is 11.4 Å². The van der Waals surface area contributed by atoms with Crippen molar-refractivity contribution in [3.05, 3.63) is 23.0 Å². The third-order valence-electron chi connectivity index (χ3n) is 6.37. The number of benzene rings is 1. The Morgan fingerprint density at radius 2 is 1.97 bits per heavy atom. The molecule has 164 valence electrons. The molecule has 1 saturated carbocycles. The quantitative estimate of drug-likeness (QED) is 0.721. The molecule has 2 N–H and O–H groups in total. The van der Waals surface area contributed by atoms with E-state index in [9.17, 15) is 9.18 Å². The van der Waals surface area contributed by atoms with Crippen molar-refractivity contribution in [3.8, 4) is 0 Å². The minimum Gasteiger partial charge on any atom is -0.387 e. The Hall–Kier alpha value is -1.90. The number of aliphatic hydroxyl groups excluding tert-OH is 1. The second-order valence-corrected chi connectivity index (χ2v) is 8.74. The maximum Gasteiger partial charge on any atom is 0.245 e. The van der Waals surface area contributed by atoms with Crippen molar-refractivity contribution in [1.29, 1.82) is 0 Å². The lowest BCUT2D eigenvalue weighted by Crippen LogP contribution is -2.47. The van der Waals surface area contributed by atoms with E-state index in [0.29, 0.717) is 11.5 Å². The summed E-state index contributed by atoms with van der Waals surface area (Å²) in [6, 6.07) is 3.08. The van der Waals surface area contributed by atoms with E-state index in [2.05, 4.69) is 20.3 Å². The number of nitrogens with zero attached hydrogens (tertiary/aromatic N) is 3. The zero-order valence-electron chi connectivity index (χ0n) is 16.9. The molecule has 1 aromatic carbocycles. The van der Waals surface area contributed by atoms with E-state index in [-0.39, 0.29) is 17.0 Å². The molecule has 1 aliphatic heterocycles. The molecule has 0 bridgehead atoms. The summed E-state index contributed by atoms with van der Waals surface area (Å²) >= 11 is 5.93. The molecular weight excluding hydrogens is 411 g/mol. The molecule has 30 heavy (non-hydrogen) atoms. The second-order valence-electron chi connectivity index (χ2n) is 8.33. The average Bonchev–Trinajstić information content (AvgIpc) is 3.16. The number of hydrogen-bond donors (Lipinski definition) is 2. The first-order valence-corrected chi connectivity index (χ1v) is 11.0. The molecule has 1 amide bonds. The number of nitrogens with one attached hydrogen (secondary N) is 1. The molecule has 0 spiro atoms. The van der Waals surface area contributed by atoms with Crippen molar-refractivity contribution < 1.29 is 18.8 Å². The van der Waals surface area contributed by atoms with Crippen LogP contribution >= 0.6 is 11.6 Å². The molecule has 0 radical (unpaired) electrons. The van der Waals surface area contributed by atoms with Crippen LogP contribution in [-0.2, 0) is 4.79 Å². The molecule has 9 heteroatoms. The molecule has 7 nitrogen and oxygen atoms in total. The van der Waals surface area contributed by atoms with Gasteiger partial charge in [-0.1, -0.05) is 16.8 Å². The summed E-state index contributed by atoms with van der Waals surface area (Å²) in [6.07, 6.45) is 5.40. The summed E-state index contributed by atoms with van der Waals surface area (Å²) in [4.78, 5) is 16.0. The summed E-state index contributed by atoms with van der Waals surface area (Å²) in [5, 5.41) is 16.7. The molecule has 2 heterocycles. The van der Waals surface area contributed by atoms with Gasteiger partial charge in [0.2, 0.25) is 5.91 Å². The molecule has 2 aromatic rings. The second kappa shape index (κ2) is 9.49. The van der Waals surface area contributed by atoms with Crippen molar-refractivity contribution in [2.45, 2.75) is 38.1 Å². The molecule has 1 aliphatic carbocycles. The van der Waals surface area contributed by atoms with Crippen molar-refractivity contribution in [3.63, 3.8) is 0 Å². The van der Waals surface area contributed by atoms with Gasteiger partial charge in [-0.05, 0) is 50.6 Å². The number of carbonyl (C=O) groups excluding carboxylic acids is 1. The standard InChI is InChI=1S/C21H28ClFN4O3/c22-17-11-16-19(12-18(17)23)30-25-21(16)27-9-7-26(8-10-27)6-5-14-1-3-15(4-2-14)24-20(29)13-28/h11-12,14-15,28H,1-10,13H2,(H,24,29). The molecule has 1 saturated heterocycles. The van der Waals surface area contributed by atoms with Crippen molar-refractivity contribution in [2.24, 2.45) is 5.92 Å². The van der Waals surface area contributed by atoms with Crippen molar-refractivity contribution in [2.75, 3.05) is 44.2 Å². The number of halogens is 2. The molecule has 2 fully saturated rings. The van der Waals surface area contributed by atoms with Gasteiger partial charge in [0.1, 0.15) is 12.4 Å². The van der Waals surface area contributed by atoms with E-state index in [0.717, 1.165) is 69.6 Å². The number of hydrogen-bond acceptors (Lipinski definition) is 6. The Balaban J connectivity index is 1.22. The van der Waals surface area contributed by atoms with Crippen LogP contribution in [0.4, 0.5) is 10.2 Å². The molecule has 0 unspecified atom stereocenters. The van der Waals surface area contributed by atoms with Gasteiger partial charge in [-0.3, -0.25) is 9.69 Å². The predicted molar refractivity (Wildman–Crippen MR) is 113 cm³/mol. The van der Waals surface area contributed by atoms with Crippen LogP contribution in [0.25, 0.3) is 11.0 Å². The highest BCUT2D eigenvalue weighted by atomic mass is 35.5. The van der Waals surface area contributed by atoms with Crippen LogP contribution < -0.4 is 10.2 Å². The Bertz CT molecular complexity index is 877. The lowest BCUT2D eigenvalue weighted by Gasteiger charge is -2.36. The monoisotopic (exact) mass is 438 g/mol. The average molecular weight is 439 g/mol. The predicted octanol–water partition coefficient (Wildman–Crippen LogP) is 2.80. The Morgan fingerprint density at radius 1 is 1.23 bits per heavy atom. The largest absolute Gasteiger partial charge is 0.387 e. The number of aromatic nitrogens is 1. The van der Waals surface area contributed by atoms with Gasteiger partial charge in [0, 0.05) is 38.3 Å². The number of anilines is 1. The van der Waals surface area contributed by atoms with Gasteiger partial charge < -0.3 is 19.8 Å². The van der Waals surface area contributed by atoms with Gasteiger partial charge in [0.25, 0.3) is 0 Å². The van der Waals surface area contributed by atoms with E-state index in [4.69, 9.17) is 21.2 Å². The fourth-order valence-corrected chi connectivity index (χ4v) is 4.73. The van der Waals surface area contributed by atoms with E-state index in [1.165, 1.54) is 12.5 Å². The number of rotatable bonds is 6. The van der Waals surface area contributed by atoms with Crippen molar-refractivity contribution >= 4 is 34.3 Å². The third kappa shape index (κ3) is 4.87. The fraction of sp³-hybridized carbons (Fsp3) is 0.619. The smallest absolute Gasteiger partial charge is 0.245 e. The number of piperazine rings is 1. The van der Waals surface area contributed by atoms with E-state index < -0.39 is 12.4 Å². The Kier molecular flexibility index (Phi) is 6.75. The van der Waals surface area contributed by atoms with E-state index in [1.807, 2.05) is 0 Å². The number of fused-ring (bicyclic) bond motifs is 1. The first-order valence-electron chi connectivity index (χ1n) is 10.7. The topological polar surface area (TPSA) is 81.8 Å². The Labute approximate surface area is 180 Å². The lowest BCUT2D eigenvalue weighted by molar-refractivity contribution is -0.124. The fourth-order valence-electron chi connectivity index (χ4n) is 4.57. The molecule has 0 atom stereocenters. The van der Waals surface area contributed by atoms with Gasteiger partial charge in [-0.25, -0.2) is 4.39 Å². The number of aliphatic hydroxyl groups is 1. The summed E-state index contributed by atoms with van der Waals surface area (Å²) < 4.78 is 18.9. The Morgan fingerprint density at radius 3 is 2.67 bits per heavy atom. The van der Waals surface area contributed by atoms with Crippen LogP contribution in [0.1, 0.15) is 32.1 Å². The first-order chi connectivity index (χ1) is 14.5. The summed E-state index contributed by atoms with van der Waals surface area (Å²) in [5.74, 6) is 0.654. The SMILES string of the molecule is O=C(CO)NC1CCC(CCN2CCN(c3noc4cc(F)c(Cl)cc34)CC2)CC1. The van der Waals surface area contributed by atoms with Crippen molar-refractivity contribution in [1.82, 2.24) is 15.4 Å². The van der Waals surface area contributed by atoms with Crippen LogP contribution in [0.3, 0.4) is 0 Å². The van der Waals surface area contributed by atoms with E-state index >= 15 is 0 Å². The highest BCUT2D eigenvalue weighted by Crippen LogP contribution is 2.31. The van der Waals surface area contributed by atoms with Crippen LogP contribution in [0.5, 0.6) is 0 Å². The summed E-state index contributed by atoms with van der Waals surface area (Å²) in [5.41, 5.74) is 0.417. The number of carbonyl (C=O) groups is 1.